The molecule has 2 amide bonds. The number of aromatic nitrogens is 1. The van der Waals surface area contributed by atoms with Gasteiger partial charge in [-0.05, 0) is 100 Å². The minimum absolute atomic E-state index is 0.220. The van der Waals surface area contributed by atoms with Crippen LogP contribution < -0.4 is 15.5 Å². The molecular formula is C27H35N5O. The van der Waals surface area contributed by atoms with Crippen molar-refractivity contribution in [2.75, 3.05) is 49.3 Å². The summed E-state index contributed by atoms with van der Waals surface area (Å²) < 4.78 is 2.25. The second kappa shape index (κ2) is 9.48. The van der Waals surface area contributed by atoms with Crippen LogP contribution in [-0.4, -0.2) is 49.2 Å². The molecule has 3 heterocycles. The lowest BCUT2D eigenvalue weighted by Crippen LogP contribution is -2.28. The highest BCUT2D eigenvalue weighted by atomic mass is 16.2. The third-order valence-electron chi connectivity index (χ3n) is 7.23. The van der Waals surface area contributed by atoms with E-state index in [-0.39, 0.29) is 6.03 Å². The third kappa shape index (κ3) is 5.17. The van der Waals surface area contributed by atoms with Crippen LogP contribution in [0.4, 0.5) is 21.9 Å². The zero-order chi connectivity index (χ0) is 22.8. The van der Waals surface area contributed by atoms with Crippen LogP contribution in [0, 0.1) is 11.8 Å². The van der Waals surface area contributed by atoms with Crippen LogP contribution in [0.1, 0.15) is 25.7 Å². The standard InChI is InChI=1S/C27H35N5O/c1-30(2)15-16-31-14-13-22-17-24(9-12-26(22)31)29-27(33)28-23-7-10-25(11-8-23)32-18-20-3-4-21(19-32)6-5-20/h7-14,17,20-21H,3-6,15-16,18-19H2,1-2H3,(H2,28,29,33). The maximum atomic E-state index is 12.6. The van der Waals surface area contributed by atoms with Gasteiger partial charge in [-0.2, -0.15) is 0 Å². The molecule has 2 N–H and O–H groups in total. The molecule has 1 aliphatic carbocycles. The predicted molar refractivity (Wildman–Crippen MR) is 137 cm³/mol. The van der Waals surface area contributed by atoms with Crippen molar-refractivity contribution in [1.29, 1.82) is 0 Å². The molecule has 0 spiro atoms. The lowest BCUT2D eigenvalue weighted by Gasteiger charge is -2.25. The molecule has 33 heavy (non-hydrogen) atoms. The van der Waals surface area contributed by atoms with Crippen LogP contribution in [0.3, 0.4) is 0 Å². The normalized spacial score (nSPS) is 20.3. The van der Waals surface area contributed by atoms with E-state index in [1.807, 2.05) is 24.3 Å². The minimum atomic E-state index is -0.220. The Morgan fingerprint density at radius 1 is 0.909 bits per heavy atom. The molecule has 6 heteroatoms. The van der Waals surface area contributed by atoms with E-state index in [0.717, 1.165) is 41.7 Å². The minimum Gasteiger partial charge on any atom is -0.371 e. The molecule has 2 aliphatic heterocycles. The Morgan fingerprint density at radius 3 is 2.21 bits per heavy atom. The van der Waals surface area contributed by atoms with Gasteiger partial charge >= 0.3 is 6.03 Å². The molecular weight excluding hydrogens is 410 g/mol. The van der Waals surface area contributed by atoms with Crippen molar-refractivity contribution in [2.45, 2.75) is 32.2 Å². The number of nitrogens with one attached hydrogen (secondary N) is 2. The first-order valence-corrected chi connectivity index (χ1v) is 12.2. The number of benzene rings is 2. The monoisotopic (exact) mass is 445 g/mol. The largest absolute Gasteiger partial charge is 0.371 e. The highest BCUT2D eigenvalue weighted by molar-refractivity contribution is 6.01. The SMILES string of the molecule is CN(C)CCn1ccc2cc(NC(=O)Nc3ccc(N4CC5CCC(CC5)C4)cc3)ccc21. The highest BCUT2D eigenvalue weighted by Gasteiger charge is 2.29. The van der Waals surface area contributed by atoms with Gasteiger partial charge in [0, 0.05) is 60.3 Å². The van der Waals surface area contributed by atoms with Crippen molar-refractivity contribution in [1.82, 2.24) is 9.47 Å². The molecule has 2 saturated heterocycles. The fourth-order valence-corrected chi connectivity index (χ4v) is 5.33. The van der Waals surface area contributed by atoms with E-state index in [9.17, 15) is 4.79 Å². The van der Waals surface area contributed by atoms with Crippen molar-refractivity contribution in [3.05, 3.63) is 54.7 Å². The van der Waals surface area contributed by atoms with Crippen molar-refractivity contribution < 1.29 is 4.79 Å². The summed E-state index contributed by atoms with van der Waals surface area (Å²) in [4.78, 5) is 17.3. The van der Waals surface area contributed by atoms with Crippen LogP contribution in [0.5, 0.6) is 0 Å². The van der Waals surface area contributed by atoms with Crippen molar-refractivity contribution in [3.8, 4) is 0 Å². The summed E-state index contributed by atoms with van der Waals surface area (Å²) >= 11 is 0. The van der Waals surface area contributed by atoms with E-state index in [4.69, 9.17) is 0 Å². The molecule has 0 unspecified atom stereocenters. The lowest BCUT2D eigenvalue weighted by molar-refractivity contribution is 0.262. The van der Waals surface area contributed by atoms with Crippen molar-refractivity contribution in [3.63, 3.8) is 0 Å². The van der Waals surface area contributed by atoms with Crippen molar-refractivity contribution in [2.24, 2.45) is 11.8 Å². The van der Waals surface area contributed by atoms with Gasteiger partial charge in [-0.25, -0.2) is 4.79 Å². The summed E-state index contributed by atoms with van der Waals surface area (Å²) in [5.74, 6) is 1.68. The number of hydrogen-bond donors (Lipinski definition) is 2. The first-order chi connectivity index (χ1) is 16.0. The lowest BCUT2D eigenvalue weighted by atomic mass is 9.84. The average molecular weight is 446 g/mol. The maximum Gasteiger partial charge on any atom is 0.323 e. The smallest absolute Gasteiger partial charge is 0.323 e. The van der Waals surface area contributed by atoms with Crippen LogP contribution in [0.25, 0.3) is 10.9 Å². The second-order valence-corrected chi connectivity index (χ2v) is 10.0. The molecule has 1 saturated carbocycles. The van der Waals surface area contributed by atoms with Crippen LogP contribution in [0.2, 0.25) is 0 Å². The van der Waals surface area contributed by atoms with Gasteiger partial charge in [0.2, 0.25) is 0 Å². The Kier molecular flexibility index (Phi) is 6.27. The van der Waals surface area contributed by atoms with Gasteiger partial charge in [0.05, 0.1) is 0 Å². The summed E-state index contributed by atoms with van der Waals surface area (Å²) in [7, 11) is 4.16. The zero-order valence-electron chi connectivity index (χ0n) is 19.8. The summed E-state index contributed by atoms with van der Waals surface area (Å²) in [6.45, 7) is 4.27. The van der Waals surface area contributed by atoms with Crippen LogP contribution in [-0.2, 0) is 6.54 Å². The third-order valence-corrected chi connectivity index (χ3v) is 7.23. The second-order valence-electron chi connectivity index (χ2n) is 10.0. The van der Waals surface area contributed by atoms with Crippen LogP contribution in [0.15, 0.2) is 54.7 Å². The average Bonchev–Trinajstić information content (AvgIpc) is 2.96. The molecule has 2 bridgehead atoms. The highest BCUT2D eigenvalue weighted by Crippen LogP contribution is 2.36. The molecule has 2 aromatic carbocycles. The molecule has 0 atom stereocenters. The molecule has 1 aromatic heterocycles. The van der Waals surface area contributed by atoms with E-state index in [1.54, 1.807) is 0 Å². The molecule has 174 valence electrons. The Balaban J connectivity index is 1.19. The van der Waals surface area contributed by atoms with Gasteiger partial charge in [-0.3, -0.25) is 0 Å². The number of nitrogens with zero attached hydrogens (tertiary/aromatic N) is 3. The first-order valence-electron chi connectivity index (χ1n) is 12.2. The Bertz CT molecular complexity index is 1080. The summed E-state index contributed by atoms with van der Waals surface area (Å²) in [6, 6.07) is 16.2. The van der Waals surface area contributed by atoms with Gasteiger partial charge < -0.3 is 25.0 Å². The topological polar surface area (TPSA) is 52.5 Å². The number of likely N-dealkylation sites (N-methyl/N-ethyl adjacent to an activating group) is 1. The molecule has 0 radical (unpaired) electrons. The van der Waals surface area contributed by atoms with E-state index in [2.05, 4.69) is 69.6 Å². The number of rotatable bonds is 6. The number of urea groups is 1. The van der Waals surface area contributed by atoms with Crippen LogP contribution >= 0.6 is 0 Å². The summed E-state index contributed by atoms with van der Waals surface area (Å²) in [5, 5.41) is 7.07. The van der Waals surface area contributed by atoms with Gasteiger partial charge in [-0.1, -0.05) is 0 Å². The Labute approximate surface area is 196 Å². The number of hydrogen-bond acceptors (Lipinski definition) is 3. The molecule has 3 aliphatic rings. The van der Waals surface area contributed by atoms with Gasteiger partial charge in [0.1, 0.15) is 0 Å². The summed E-state index contributed by atoms with van der Waals surface area (Å²) in [5.41, 5.74) is 4.05. The maximum absolute atomic E-state index is 12.6. The van der Waals surface area contributed by atoms with E-state index < -0.39 is 0 Å². The number of amides is 2. The number of carbonyl (C=O) groups is 1. The predicted octanol–water partition coefficient (Wildman–Crippen LogP) is 5.47. The number of carbonyl (C=O) groups excluding carboxylic acids is 1. The fourth-order valence-electron chi connectivity index (χ4n) is 5.33. The quantitative estimate of drug-likeness (QED) is 0.529. The van der Waals surface area contributed by atoms with Gasteiger partial charge in [-0.15, -0.1) is 0 Å². The molecule has 3 aromatic rings. The fraction of sp³-hybridized carbons (Fsp3) is 0.444. The van der Waals surface area contributed by atoms with Crippen molar-refractivity contribution >= 4 is 34.0 Å². The summed E-state index contributed by atoms with van der Waals surface area (Å²) in [6.07, 6.45) is 7.64. The van der Waals surface area contributed by atoms with E-state index in [1.165, 1.54) is 50.0 Å². The van der Waals surface area contributed by atoms with Gasteiger partial charge in [0.25, 0.3) is 0 Å². The number of fused-ring (bicyclic) bond motifs is 5. The first kappa shape index (κ1) is 21.8. The van der Waals surface area contributed by atoms with Gasteiger partial charge in [0.15, 0.2) is 0 Å². The number of anilines is 3. The molecule has 3 fully saturated rings. The molecule has 6 nitrogen and oxygen atoms in total. The Morgan fingerprint density at radius 2 is 1.55 bits per heavy atom. The van der Waals surface area contributed by atoms with E-state index in [0.29, 0.717) is 0 Å². The van der Waals surface area contributed by atoms with E-state index >= 15 is 0 Å². The molecule has 6 rings (SSSR count). The Hall–Kier alpha value is -2.99. The zero-order valence-corrected chi connectivity index (χ0v) is 19.8.